The number of hydrogen-bond donors (Lipinski definition) is 1. The van der Waals surface area contributed by atoms with Gasteiger partial charge in [-0.25, -0.2) is 0 Å². The van der Waals surface area contributed by atoms with Gasteiger partial charge in [0.15, 0.2) is 5.11 Å². The SMILES string of the molecule is CCOc1ccc(/C=C2\NC(=S)N(C3CCCCC3)C2=O)c(OCC)c1. The van der Waals surface area contributed by atoms with E-state index in [1.165, 1.54) is 6.42 Å². The molecule has 1 aromatic rings. The van der Waals surface area contributed by atoms with Gasteiger partial charge in [0.05, 0.1) is 13.2 Å². The summed E-state index contributed by atoms with van der Waals surface area (Å²) in [5, 5.41) is 3.60. The Morgan fingerprint density at radius 2 is 1.92 bits per heavy atom. The normalized spacial score (nSPS) is 19.8. The third-order valence-corrected chi connectivity index (χ3v) is 5.04. The van der Waals surface area contributed by atoms with Crippen LogP contribution in [0.2, 0.25) is 0 Å². The maximum absolute atomic E-state index is 12.9. The molecule has 2 fully saturated rings. The lowest BCUT2D eigenvalue weighted by molar-refractivity contribution is -0.124. The highest BCUT2D eigenvalue weighted by Crippen LogP contribution is 2.30. The van der Waals surface area contributed by atoms with Crippen molar-refractivity contribution in [3.05, 3.63) is 29.5 Å². The van der Waals surface area contributed by atoms with E-state index >= 15 is 0 Å². The Hall–Kier alpha value is -2.08. The van der Waals surface area contributed by atoms with Gasteiger partial charge in [-0.3, -0.25) is 9.69 Å². The van der Waals surface area contributed by atoms with Gasteiger partial charge in [-0.05, 0) is 57.1 Å². The molecular formula is C20H26N2O3S. The van der Waals surface area contributed by atoms with E-state index in [1.807, 2.05) is 38.1 Å². The fourth-order valence-corrected chi connectivity index (χ4v) is 3.89. The molecule has 26 heavy (non-hydrogen) atoms. The van der Waals surface area contributed by atoms with Crippen LogP contribution in [-0.4, -0.2) is 35.2 Å². The van der Waals surface area contributed by atoms with Crippen LogP contribution in [0.3, 0.4) is 0 Å². The van der Waals surface area contributed by atoms with E-state index in [9.17, 15) is 4.79 Å². The Bertz CT molecular complexity index is 711. The van der Waals surface area contributed by atoms with Gasteiger partial charge in [0, 0.05) is 17.7 Å². The van der Waals surface area contributed by atoms with Crippen LogP contribution in [0, 0.1) is 0 Å². The van der Waals surface area contributed by atoms with Crippen molar-refractivity contribution in [3.63, 3.8) is 0 Å². The molecular weight excluding hydrogens is 348 g/mol. The highest BCUT2D eigenvalue weighted by molar-refractivity contribution is 7.80. The first kappa shape index (κ1) is 18.7. The Labute approximate surface area is 160 Å². The summed E-state index contributed by atoms with van der Waals surface area (Å²) >= 11 is 5.43. The van der Waals surface area contributed by atoms with Crippen molar-refractivity contribution in [1.82, 2.24) is 10.2 Å². The third kappa shape index (κ3) is 4.01. The number of rotatable bonds is 6. The van der Waals surface area contributed by atoms with Gasteiger partial charge in [-0.2, -0.15) is 0 Å². The zero-order chi connectivity index (χ0) is 18.5. The standard InChI is InChI=1S/C20H26N2O3S/c1-3-24-16-11-10-14(18(13-16)25-4-2)12-17-19(23)22(20(26)21-17)15-8-6-5-7-9-15/h10-13,15H,3-9H2,1-2H3,(H,21,26)/b17-12-. The molecule has 0 bridgehead atoms. The predicted molar refractivity (Wildman–Crippen MR) is 106 cm³/mol. The quantitative estimate of drug-likeness (QED) is 0.605. The van der Waals surface area contributed by atoms with E-state index in [1.54, 1.807) is 4.90 Å². The van der Waals surface area contributed by atoms with Crippen LogP contribution in [-0.2, 0) is 4.79 Å². The number of ether oxygens (including phenoxy) is 2. The molecule has 1 saturated heterocycles. The van der Waals surface area contributed by atoms with Crippen LogP contribution in [0.5, 0.6) is 11.5 Å². The van der Waals surface area contributed by atoms with Crippen LogP contribution >= 0.6 is 12.2 Å². The lowest BCUT2D eigenvalue weighted by Gasteiger charge is -2.29. The zero-order valence-corrected chi connectivity index (χ0v) is 16.2. The van der Waals surface area contributed by atoms with Crippen LogP contribution in [0.15, 0.2) is 23.9 Å². The van der Waals surface area contributed by atoms with E-state index in [-0.39, 0.29) is 11.9 Å². The number of carbonyl (C=O) groups excluding carboxylic acids is 1. The van der Waals surface area contributed by atoms with Crippen molar-refractivity contribution in [3.8, 4) is 11.5 Å². The maximum Gasteiger partial charge on any atom is 0.276 e. The summed E-state index contributed by atoms with van der Waals surface area (Å²) in [6.45, 7) is 5.01. The number of carbonyl (C=O) groups is 1. The minimum absolute atomic E-state index is 0.0433. The second kappa shape index (κ2) is 8.54. The lowest BCUT2D eigenvalue weighted by atomic mass is 9.94. The Kier molecular flexibility index (Phi) is 6.14. The molecule has 1 aliphatic heterocycles. The fraction of sp³-hybridized carbons (Fsp3) is 0.500. The van der Waals surface area contributed by atoms with E-state index in [0.717, 1.165) is 37.0 Å². The van der Waals surface area contributed by atoms with Crippen molar-refractivity contribution in [2.75, 3.05) is 13.2 Å². The van der Waals surface area contributed by atoms with Gasteiger partial charge in [-0.15, -0.1) is 0 Å². The molecule has 1 N–H and O–H groups in total. The number of nitrogens with zero attached hydrogens (tertiary/aromatic N) is 1. The molecule has 140 valence electrons. The minimum atomic E-state index is -0.0433. The van der Waals surface area contributed by atoms with Gasteiger partial charge in [0.2, 0.25) is 0 Å². The first-order valence-corrected chi connectivity index (χ1v) is 9.80. The average Bonchev–Trinajstić information content (AvgIpc) is 2.92. The molecule has 1 amide bonds. The van der Waals surface area contributed by atoms with E-state index in [0.29, 0.717) is 29.8 Å². The van der Waals surface area contributed by atoms with Crippen molar-refractivity contribution in [2.45, 2.75) is 52.0 Å². The van der Waals surface area contributed by atoms with Crippen molar-refractivity contribution in [1.29, 1.82) is 0 Å². The summed E-state index contributed by atoms with van der Waals surface area (Å²) in [7, 11) is 0. The predicted octanol–water partition coefficient (Wildman–Crippen LogP) is 3.87. The van der Waals surface area contributed by atoms with Crippen molar-refractivity contribution >= 4 is 29.3 Å². The highest BCUT2D eigenvalue weighted by atomic mass is 32.1. The number of hydrogen-bond acceptors (Lipinski definition) is 4. The van der Waals surface area contributed by atoms with Crippen LogP contribution < -0.4 is 14.8 Å². The Morgan fingerprint density at radius 1 is 1.19 bits per heavy atom. The van der Waals surface area contributed by atoms with Crippen molar-refractivity contribution < 1.29 is 14.3 Å². The molecule has 0 aromatic heterocycles. The number of thiocarbonyl (C=S) groups is 1. The smallest absolute Gasteiger partial charge is 0.276 e. The summed E-state index contributed by atoms with van der Waals surface area (Å²) in [6, 6.07) is 5.86. The van der Waals surface area contributed by atoms with E-state index < -0.39 is 0 Å². The average molecular weight is 375 g/mol. The van der Waals surface area contributed by atoms with Gasteiger partial charge < -0.3 is 14.8 Å². The number of amides is 1. The molecule has 0 atom stereocenters. The molecule has 0 spiro atoms. The topological polar surface area (TPSA) is 50.8 Å². The molecule has 0 unspecified atom stereocenters. The van der Waals surface area contributed by atoms with Crippen LogP contribution in [0.4, 0.5) is 0 Å². The van der Waals surface area contributed by atoms with Gasteiger partial charge in [-0.1, -0.05) is 19.3 Å². The van der Waals surface area contributed by atoms with Crippen molar-refractivity contribution in [2.24, 2.45) is 0 Å². The van der Waals surface area contributed by atoms with Gasteiger partial charge in [0.25, 0.3) is 5.91 Å². The molecule has 1 aromatic carbocycles. The number of benzene rings is 1. The fourth-order valence-electron chi connectivity index (χ4n) is 3.55. The lowest BCUT2D eigenvalue weighted by Crippen LogP contribution is -2.41. The van der Waals surface area contributed by atoms with Crippen LogP contribution in [0.1, 0.15) is 51.5 Å². The number of nitrogens with one attached hydrogen (secondary N) is 1. The molecule has 1 heterocycles. The molecule has 1 aliphatic carbocycles. The zero-order valence-electron chi connectivity index (χ0n) is 15.4. The summed E-state index contributed by atoms with van der Waals surface area (Å²) in [5.41, 5.74) is 1.34. The molecule has 6 heteroatoms. The molecule has 2 aliphatic rings. The Morgan fingerprint density at radius 3 is 2.62 bits per heavy atom. The molecule has 3 rings (SSSR count). The highest BCUT2D eigenvalue weighted by Gasteiger charge is 2.36. The van der Waals surface area contributed by atoms with Gasteiger partial charge in [0.1, 0.15) is 17.2 Å². The molecule has 5 nitrogen and oxygen atoms in total. The van der Waals surface area contributed by atoms with E-state index in [4.69, 9.17) is 21.7 Å². The largest absolute Gasteiger partial charge is 0.494 e. The first-order chi connectivity index (χ1) is 12.6. The summed E-state index contributed by atoms with van der Waals surface area (Å²) in [4.78, 5) is 14.7. The third-order valence-electron chi connectivity index (χ3n) is 4.75. The Balaban J connectivity index is 1.85. The second-order valence-electron chi connectivity index (χ2n) is 6.52. The summed E-state index contributed by atoms with van der Waals surface area (Å²) in [5.74, 6) is 1.41. The summed E-state index contributed by atoms with van der Waals surface area (Å²) < 4.78 is 11.3. The molecule has 0 radical (unpaired) electrons. The second-order valence-corrected chi connectivity index (χ2v) is 6.91. The van der Waals surface area contributed by atoms with E-state index in [2.05, 4.69) is 5.32 Å². The molecule has 1 saturated carbocycles. The minimum Gasteiger partial charge on any atom is -0.494 e. The monoisotopic (exact) mass is 374 g/mol. The first-order valence-electron chi connectivity index (χ1n) is 9.40. The maximum atomic E-state index is 12.9. The summed E-state index contributed by atoms with van der Waals surface area (Å²) in [6.07, 6.45) is 7.42. The van der Waals surface area contributed by atoms with Crippen LogP contribution in [0.25, 0.3) is 6.08 Å². The van der Waals surface area contributed by atoms with Gasteiger partial charge >= 0.3 is 0 Å².